The van der Waals surface area contributed by atoms with Gasteiger partial charge < -0.3 is 11.1 Å². The van der Waals surface area contributed by atoms with Gasteiger partial charge in [-0.2, -0.15) is 0 Å². The number of hydrogen-bond acceptors (Lipinski definition) is 4. The number of amides is 1. The molecule has 1 atom stereocenters. The van der Waals surface area contributed by atoms with Gasteiger partial charge in [0.05, 0.1) is 6.20 Å². The molecule has 3 N–H and O–H groups in total. The maximum absolute atomic E-state index is 13.7. The summed E-state index contributed by atoms with van der Waals surface area (Å²) in [6, 6.07) is 6.44. The van der Waals surface area contributed by atoms with Crippen molar-refractivity contribution in [3.63, 3.8) is 0 Å². The van der Waals surface area contributed by atoms with E-state index >= 15 is 0 Å². The molecule has 4 nitrogen and oxygen atoms in total. The van der Waals surface area contributed by atoms with Crippen molar-refractivity contribution in [1.82, 2.24) is 10.3 Å². The second-order valence-electron chi connectivity index (χ2n) is 5.16. The molecule has 1 fully saturated rings. The summed E-state index contributed by atoms with van der Waals surface area (Å²) in [5.41, 5.74) is 6.10. The zero-order valence-electron chi connectivity index (χ0n) is 11.4. The number of halogens is 1. The third kappa shape index (κ3) is 3.11. The van der Waals surface area contributed by atoms with E-state index in [1.165, 1.54) is 23.6 Å². The van der Waals surface area contributed by atoms with Gasteiger partial charge in [0, 0.05) is 18.2 Å². The van der Waals surface area contributed by atoms with Gasteiger partial charge in [0.25, 0.3) is 5.91 Å². The molecule has 110 valence electrons. The molecule has 1 aromatic carbocycles. The molecule has 6 heteroatoms. The van der Waals surface area contributed by atoms with Gasteiger partial charge in [0.1, 0.15) is 15.7 Å². The lowest BCUT2D eigenvalue weighted by Crippen LogP contribution is -2.41. The van der Waals surface area contributed by atoms with Gasteiger partial charge in [0.15, 0.2) is 0 Å². The highest BCUT2D eigenvalue weighted by Gasteiger charge is 2.31. The Morgan fingerprint density at radius 1 is 1.48 bits per heavy atom. The Morgan fingerprint density at radius 2 is 2.24 bits per heavy atom. The molecular weight excluding hydrogens is 289 g/mol. The van der Waals surface area contributed by atoms with E-state index in [9.17, 15) is 9.18 Å². The highest BCUT2D eigenvalue weighted by molar-refractivity contribution is 7.16. The molecule has 0 saturated heterocycles. The van der Waals surface area contributed by atoms with Crippen molar-refractivity contribution in [1.29, 1.82) is 0 Å². The standard InChI is InChI=1S/C15H16FN3OS/c16-11-4-2-1-3-10(11)15-18-8-13(21-15)14(20)19-12(7-17)9-5-6-9/h1-4,8-9,12H,5-7,17H2,(H,19,20). The van der Waals surface area contributed by atoms with Gasteiger partial charge >= 0.3 is 0 Å². The molecule has 2 aromatic rings. The molecule has 1 aliphatic carbocycles. The minimum absolute atomic E-state index is 0.0245. The highest BCUT2D eigenvalue weighted by atomic mass is 32.1. The largest absolute Gasteiger partial charge is 0.347 e. The van der Waals surface area contributed by atoms with Crippen LogP contribution in [0.2, 0.25) is 0 Å². The molecule has 0 radical (unpaired) electrons. The summed E-state index contributed by atoms with van der Waals surface area (Å²) in [5, 5.41) is 3.45. The summed E-state index contributed by atoms with van der Waals surface area (Å²) in [4.78, 5) is 16.8. The van der Waals surface area contributed by atoms with E-state index in [1.807, 2.05) is 0 Å². The van der Waals surface area contributed by atoms with Gasteiger partial charge in [-0.15, -0.1) is 11.3 Å². The van der Waals surface area contributed by atoms with Crippen LogP contribution in [0.15, 0.2) is 30.5 Å². The number of thiazole rings is 1. The topological polar surface area (TPSA) is 68.0 Å². The van der Waals surface area contributed by atoms with Gasteiger partial charge in [0.2, 0.25) is 0 Å². The molecule has 21 heavy (non-hydrogen) atoms. The fraction of sp³-hybridized carbons (Fsp3) is 0.333. The number of rotatable bonds is 5. The van der Waals surface area contributed by atoms with Gasteiger partial charge in [-0.1, -0.05) is 12.1 Å². The second kappa shape index (κ2) is 5.91. The smallest absolute Gasteiger partial charge is 0.263 e. The summed E-state index contributed by atoms with van der Waals surface area (Å²) >= 11 is 1.19. The summed E-state index contributed by atoms with van der Waals surface area (Å²) in [6.07, 6.45) is 3.72. The number of carbonyl (C=O) groups excluding carboxylic acids is 1. The van der Waals surface area contributed by atoms with Crippen molar-refractivity contribution in [3.8, 4) is 10.6 Å². The lowest BCUT2D eigenvalue weighted by molar-refractivity contribution is 0.0937. The number of nitrogens with two attached hydrogens (primary N) is 1. The maximum Gasteiger partial charge on any atom is 0.263 e. The molecule has 1 amide bonds. The van der Waals surface area contributed by atoms with Gasteiger partial charge in [-0.25, -0.2) is 9.37 Å². The number of aromatic nitrogens is 1. The quantitative estimate of drug-likeness (QED) is 0.891. The van der Waals surface area contributed by atoms with Crippen LogP contribution < -0.4 is 11.1 Å². The summed E-state index contributed by atoms with van der Waals surface area (Å²) < 4.78 is 13.7. The number of nitrogens with one attached hydrogen (secondary N) is 1. The summed E-state index contributed by atoms with van der Waals surface area (Å²) in [7, 11) is 0. The number of benzene rings is 1. The Hall–Kier alpha value is -1.79. The average molecular weight is 305 g/mol. The van der Waals surface area contributed by atoms with Crippen molar-refractivity contribution in [2.45, 2.75) is 18.9 Å². The molecule has 1 saturated carbocycles. The third-order valence-corrected chi connectivity index (χ3v) is 4.62. The first-order chi connectivity index (χ1) is 10.2. The lowest BCUT2D eigenvalue weighted by atomic mass is 10.2. The molecule has 0 aliphatic heterocycles. The zero-order valence-corrected chi connectivity index (χ0v) is 12.2. The van der Waals surface area contributed by atoms with Crippen LogP contribution in [0.4, 0.5) is 4.39 Å². The Kier molecular flexibility index (Phi) is 3.98. The first-order valence-electron chi connectivity index (χ1n) is 6.90. The fourth-order valence-electron chi connectivity index (χ4n) is 2.25. The third-order valence-electron chi connectivity index (χ3n) is 3.60. The van der Waals surface area contributed by atoms with Crippen LogP contribution in [0.3, 0.4) is 0 Å². The van der Waals surface area contributed by atoms with Crippen LogP contribution in [-0.4, -0.2) is 23.5 Å². The minimum Gasteiger partial charge on any atom is -0.347 e. The van der Waals surface area contributed by atoms with E-state index in [2.05, 4.69) is 10.3 Å². The molecule has 1 unspecified atom stereocenters. The summed E-state index contributed by atoms with van der Waals surface area (Å²) in [5.74, 6) is -0.0213. The van der Waals surface area contributed by atoms with E-state index in [0.29, 0.717) is 27.9 Å². The Bertz CT molecular complexity index is 654. The van der Waals surface area contributed by atoms with E-state index in [-0.39, 0.29) is 17.8 Å². The number of nitrogens with zero attached hydrogens (tertiary/aromatic N) is 1. The van der Waals surface area contributed by atoms with Crippen LogP contribution in [-0.2, 0) is 0 Å². The van der Waals surface area contributed by atoms with Crippen LogP contribution in [0.25, 0.3) is 10.6 Å². The van der Waals surface area contributed by atoms with Crippen LogP contribution in [0, 0.1) is 11.7 Å². The second-order valence-corrected chi connectivity index (χ2v) is 6.19. The maximum atomic E-state index is 13.7. The average Bonchev–Trinajstić information content (AvgIpc) is 3.21. The highest BCUT2D eigenvalue weighted by Crippen LogP contribution is 2.33. The number of hydrogen-bond donors (Lipinski definition) is 2. The predicted octanol–water partition coefficient (Wildman–Crippen LogP) is 2.42. The van der Waals surface area contributed by atoms with Crippen molar-refractivity contribution in [2.75, 3.05) is 6.54 Å². The number of carbonyl (C=O) groups is 1. The first kappa shape index (κ1) is 14.2. The van der Waals surface area contributed by atoms with Gasteiger partial charge in [-0.05, 0) is 30.9 Å². The normalized spacial score (nSPS) is 15.7. The Balaban J connectivity index is 1.75. The minimum atomic E-state index is -0.336. The van der Waals surface area contributed by atoms with Crippen LogP contribution in [0.5, 0.6) is 0 Å². The lowest BCUT2D eigenvalue weighted by Gasteiger charge is -2.14. The first-order valence-corrected chi connectivity index (χ1v) is 7.72. The molecule has 1 aromatic heterocycles. The molecular formula is C15H16FN3OS. The SMILES string of the molecule is NCC(NC(=O)c1cnc(-c2ccccc2F)s1)C1CC1. The summed E-state index contributed by atoms with van der Waals surface area (Å²) in [6.45, 7) is 0.440. The van der Waals surface area contributed by atoms with Crippen molar-refractivity contribution < 1.29 is 9.18 Å². The van der Waals surface area contributed by atoms with Gasteiger partial charge in [-0.3, -0.25) is 4.79 Å². The molecule has 1 heterocycles. The van der Waals surface area contributed by atoms with Crippen LogP contribution in [0.1, 0.15) is 22.5 Å². The van der Waals surface area contributed by atoms with Crippen LogP contribution >= 0.6 is 11.3 Å². The Morgan fingerprint density at radius 3 is 2.90 bits per heavy atom. The molecule has 0 spiro atoms. The monoisotopic (exact) mass is 305 g/mol. The zero-order chi connectivity index (χ0) is 14.8. The van der Waals surface area contributed by atoms with E-state index in [1.54, 1.807) is 18.2 Å². The van der Waals surface area contributed by atoms with Crippen molar-refractivity contribution >= 4 is 17.2 Å². The molecule has 0 bridgehead atoms. The van der Waals surface area contributed by atoms with Crippen molar-refractivity contribution in [3.05, 3.63) is 41.2 Å². The predicted molar refractivity (Wildman–Crippen MR) is 80.5 cm³/mol. The molecule has 3 rings (SSSR count). The van der Waals surface area contributed by atoms with E-state index < -0.39 is 0 Å². The fourth-order valence-corrected chi connectivity index (χ4v) is 3.09. The van der Waals surface area contributed by atoms with E-state index in [0.717, 1.165) is 12.8 Å². The molecule has 1 aliphatic rings. The Labute approximate surface area is 126 Å². The van der Waals surface area contributed by atoms with Crippen molar-refractivity contribution in [2.24, 2.45) is 11.7 Å². The van der Waals surface area contributed by atoms with E-state index in [4.69, 9.17) is 5.73 Å².